The second-order valence-corrected chi connectivity index (χ2v) is 3.78. The summed E-state index contributed by atoms with van der Waals surface area (Å²) in [5, 5.41) is 3.35. The monoisotopic (exact) mass is 195 g/mol. The van der Waals surface area contributed by atoms with Crippen LogP contribution >= 0.6 is 0 Å². The summed E-state index contributed by atoms with van der Waals surface area (Å²) in [4.78, 5) is 0. The van der Waals surface area contributed by atoms with Gasteiger partial charge in [0.1, 0.15) is 12.4 Å². The molecule has 1 unspecified atom stereocenters. The van der Waals surface area contributed by atoms with Gasteiger partial charge in [-0.05, 0) is 44.0 Å². The SMILES string of the molecule is c1coc(COCCC2CCNC2)c1. The van der Waals surface area contributed by atoms with Crippen LogP contribution < -0.4 is 5.32 Å². The van der Waals surface area contributed by atoms with Gasteiger partial charge in [-0.2, -0.15) is 0 Å². The van der Waals surface area contributed by atoms with Gasteiger partial charge in [-0.3, -0.25) is 0 Å². The van der Waals surface area contributed by atoms with Gasteiger partial charge in [-0.15, -0.1) is 0 Å². The summed E-state index contributed by atoms with van der Waals surface area (Å²) >= 11 is 0. The van der Waals surface area contributed by atoms with Crippen molar-refractivity contribution in [1.29, 1.82) is 0 Å². The van der Waals surface area contributed by atoms with Crippen LogP contribution in [-0.4, -0.2) is 19.7 Å². The zero-order valence-corrected chi connectivity index (χ0v) is 8.37. The molecular weight excluding hydrogens is 178 g/mol. The lowest BCUT2D eigenvalue weighted by molar-refractivity contribution is 0.0956. The van der Waals surface area contributed by atoms with Crippen LogP contribution in [0.2, 0.25) is 0 Å². The van der Waals surface area contributed by atoms with E-state index in [2.05, 4.69) is 5.32 Å². The third-order valence-corrected chi connectivity index (χ3v) is 2.66. The quantitative estimate of drug-likeness (QED) is 0.727. The van der Waals surface area contributed by atoms with Crippen LogP contribution in [0, 0.1) is 5.92 Å². The largest absolute Gasteiger partial charge is 0.467 e. The number of furan rings is 1. The van der Waals surface area contributed by atoms with Crippen LogP contribution in [0.15, 0.2) is 22.8 Å². The zero-order valence-electron chi connectivity index (χ0n) is 8.37. The molecule has 1 aromatic rings. The van der Waals surface area contributed by atoms with Crippen LogP contribution in [-0.2, 0) is 11.3 Å². The molecule has 1 aliphatic rings. The van der Waals surface area contributed by atoms with E-state index in [1.807, 2.05) is 12.1 Å². The second-order valence-electron chi connectivity index (χ2n) is 3.78. The Morgan fingerprint density at radius 2 is 2.57 bits per heavy atom. The molecule has 0 aromatic carbocycles. The van der Waals surface area contributed by atoms with Crippen molar-refractivity contribution in [2.24, 2.45) is 5.92 Å². The Hall–Kier alpha value is -0.800. The van der Waals surface area contributed by atoms with Crippen molar-refractivity contribution in [3.05, 3.63) is 24.2 Å². The molecule has 1 atom stereocenters. The van der Waals surface area contributed by atoms with Crippen molar-refractivity contribution >= 4 is 0 Å². The molecule has 2 rings (SSSR count). The first kappa shape index (κ1) is 9.74. The Morgan fingerprint density at radius 1 is 1.57 bits per heavy atom. The zero-order chi connectivity index (χ0) is 9.64. The first-order valence-corrected chi connectivity index (χ1v) is 5.26. The Morgan fingerprint density at radius 3 is 3.29 bits per heavy atom. The Bertz CT molecular complexity index is 240. The molecule has 3 heteroatoms. The molecule has 1 fully saturated rings. The highest BCUT2D eigenvalue weighted by Gasteiger charge is 2.13. The fourth-order valence-corrected chi connectivity index (χ4v) is 1.78. The van der Waals surface area contributed by atoms with Gasteiger partial charge in [0, 0.05) is 6.61 Å². The van der Waals surface area contributed by atoms with E-state index in [4.69, 9.17) is 9.15 Å². The molecule has 1 N–H and O–H groups in total. The third kappa shape index (κ3) is 2.86. The minimum atomic E-state index is 0.604. The average molecular weight is 195 g/mol. The fourth-order valence-electron chi connectivity index (χ4n) is 1.78. The second kappa shape index (κ2) is 5.17. The molecule has 0 radical (unpaired) electrons. The number of ether oxygens (including phenoxy) is 1. The van der Waals surface area contributed by atoms with Crippen molar-refractivity contribution < 1.29 is 9.15 Å². The summed E-state index contributed by atoms with van der Waals surface area (Å²) in [7, 11) is 0. The van der Waals surface area contributed by atoms with Crippen molar-refractivity contribution in [2.45, 2.75) is 19.4 Å². The molecule has 0 saturated carbocycles. The Labute approximate surface area is 84.4 Å². The highest BCUT2D eigenvalue weighted by molar-refractivity contribution is 4.95. The maximum Gasteiger partial charge on any atom is 0.129 e. The van der Waals surface area contributed by atoms with E-state index < -0.39 is 0 Å². The van der Waals surface area contributed by atoms with E-state index in [1.165, 1.54) is 13.0 Å². The normalized spacial score (nSPS) is 21.6. The molecule has 0 amide bonds. The predicted molar refractivity (Wildman–Crippen MR) is 54.0 cm³/mol. The molecule has 0 bridgehead atoms. The van der Waals surface area contributed by atoms with Crippen molar-refractivity contribution in [2.75, 3.05) is 19.7 Å². The summed E-state index contributed by atoms with van der Waals surface area (Å²) in [5.74, 6) is 1.72. The minimum absolute atomic E-state index is 0.604. The maximum absolute atomic E-state index is 5.52. The van der Waals surface area contributed by atoms with Crippen molar-refractivity contribution in [1.82, 2.24) is 5.32 Å². The molecule has 14 heavy (non-hydrogen) atoms. The fraction of sp³-hybridized carbons (Fsp3) is 0.636. The molecule has 1 aromatic heterocycles. The van der Waals surface area contributed by atoms with Crippen molar-refractivity contribution in [3.63, 3.8) is 0 Å². The van der Waals surface area contributed by atoms with E-state index in [0.29, 0.717) is 6.61 Å². The van der Waals surface area contributed by atoms with Crippen LogP contribution in [0.5, 0.6) is 0 Å². The van der Waals surface area contributed by atoms with E-state index in [1.54, 1.807) is 6.26 Å². The first-order chi connectivity index (χ1) is 6.95. The number of nitrogens with one attached hydrogen (secondary N) is 1. The molecule has 3 nitrogen and oxygen atoms in total. The molecule has 78 valence electrons. The van der Waals surface area contributed by atoms with E-state index >= 15 is 0 Å². The summed E-state index contributed by atoms with van der Waals surface area (Å²) in [6.45, 7) is 3.77. The van der Waals surface area contributed by atoms with Gasteiger partial charge < -0.3 is 14.5 Å². The Kier molecular flexibility index (Phi) is 3.60. The number of hydrogen-bond donors (Lipinski definition) is 1. The van der Waals surface area contributed by atoms with Gasteiger partial charge in [-0.1, -0.05) is 0 Å². The maximum atomic E-state index is 5.52. The van der Waals surface area contributed by atoms with Gasteiger partial charge in [0.2, 0.25) is 0 Å². The lowest BCUT2D eigenvalue weighted by Crippen LogP contribution is -2.10. The highest BCUT2D eigenvalue weighted by atomic mass is 16.5. The molecule has 0 aliphatic carbocycles. The third-order valence-electron chi connectivity index (χ3n) is 2.66. The van der Waals surface area contributed by atoms with Crippen LogP contribution in [0.3, 0.4) is 0 Å². The minimum Gasteiger partial charge on any atom is -0.467 e. The van der Waals surface area contributed by atoms with Gasteiger partial charge in [0.15, 0.2) is 0 Å². The smallest absolute Gasteiger partial charge is 0.129 e. The number of rotatable bonds is 5. The first-order valence-electron chi connectivity index (χ1n) is 5.26. The van der Waals surface area contributed by atoms with Gasteiger partial charge in [0.05, 0.1) is 6.26 Å². The van der Waals surface area contributed by atoms with Gasteiger partial charge in [0.25, 0.3) is 0 Å². The predicted octanol–water partition coefficient (Wildman–Crippen LogP) is 1.80. The molecule has 2 heterocycles. The molecule has 1 aliphatic heterocycles. The summed E-state index contributed by atoms with van der Waals surface area (Å²) in [6.07, 6.45) is 4.14. The van der Waals surface area contributed by atoms with Crippen molar-refractivity contribution in [3.8, 4) is 0 Å². The standard InChI is InChI=1S/C11H17NO2/c1-2-11(14-6-1)9-13-7-4-10-3-5-12-8-10/h1-2,6,10,12H,3-5,7-9H2. The van der Waals surface area contributed by atoms with Crippen LogP contribution in [0.25, 0.3) is 0 Å². The van der Waals surface area contributed by atoms with Gasteiger partial charge in [-0.25, -0.2) is 0 Å². The lowest BCUT2D eigenvalue weighted by Gasteiger charge is -2.07. The summed E-state index contributed by atoms with van der Waals surface area (Å²) < 4.78 is 10.7. The molecule has 1 saturated heterocycles. The highest BCUT2D eigenvalue weighted by Crippen LogP contribution is 2.12. The lowest BCUT2D eigenvalue weighted by atomic mass is 10.1. The average Bonchev–Trinajstić information content (AvgIpc) is 2.86. The summed E-state index contributed by atoms with van der Waals surface area (Å²) in [6, 6.07) is 3.83. The van der Waals surface area contributed by atoms with E-state index in [9.17, 15) is 0 Å². The van der Waals surface area contributed by atoms with E-state index in [-0.39, 0.29) is 0 Å². The molecular formula is C11H17NO2. The van der Waals surface area contributed by atoms with Gasteiger partial charge >= 0.3 is 0 Å². The summed E-state index contributed by atoms with van der Waals surface area (Å²) in [5.41, 5.74) is 0. The van der Waals surface area contributed by atoms with E-state index in [0.717, 1.165) is 31.3 Å². The topological polar surface area (TPSA) is 34.4 Å². The Balaban J connectivity index is 1.55. The van der Waals surface area contributed by atoms with Crippen LogP contribution in [0.1, 0.15) is 18.6 Å². The molecule has 0 spiro atoms. The number of hydrogen-bond acceptors (Lipinski definition) is 3. The van der Waals surface area contributed by atoms with Crippen LogP contribution in [0.4, 0.5) is 0 Å².